The number of hydrogen-bond acceptors (Lipinski definition) is 5. The number of aryl methyl sites for hydroxylation is 1. The van der Waals surface area contributed by atoms with E-state index in [-0.39, 0.29) is 17.7 Å². The molecule has 0 radical (unpaired) electrons. The van der Waals surface area contributed by atoms with E-state index in [0.717, 1.165) is 24.8 Å². The number of benzene rings is 1. The van der Waals surface area contributed by atoms with Crippen molar-refractivity contribution >= 4 is 46.0 Å². The highest BCUT2D eigenvalue weighted by atomic mass is 32.2. The Hall–Kier alpha value is -1.93. The summed E-state index contributed by atoms with van der Waals surface area (Å²) < 4.78 is 0.641. The number of thioether (sulfide) groups is 1. The van der Waals surface area contributed by atoms with Gasteiger partial charge in [-0.2, -0.15) is 0 Å². The van der Waals surface area contributed by atoms with E-state index in [9.17, 15) is 14.4 Å². The zero-order chi connectivity index (χ0) is 18.9. The van der Waals surface area contributed by atoms with Gasteiger partial charge < -0.3 is 0 Å². The van der Waals surface area contributed by atoms with Gasteiger partial charge in [-0.3, -0.25) is 30.1 Å². The molecular formula is C18H23N3O3S2. The van der Waals surface area contributed by atoms with Crippen LogP contribution in [-0.4, -0.2) is 39.2 Å². The number of carbonyl (C=O) groups excluding carboxylic acids is 3. The Morgan fingerprint density at radius 2 is 1.88 bits per heavy atom. The molecule has 1 aromatic rings. The number of carbonyl (C=O) groups is 3. The van der Waals surface area contributed by atoms with Crippen molar-refractivity contribution in [3.8, 4) is 0 Å². The van der Waals surface area contributed by atoms with Crippen molar-refractivity contribution in [1.82, 2.24) is 15.8 Å². The van der Waals surface area contributed by atoms with Crippen molar-refractivity contribution in [3.63, 3.8) is 0 Å². The minimum Gasteiger partial charge on any atom is -0.297 e. The van der Waals surface area contributed by atoms with Gasteiger partial charge in [-0.1, -0.05) is 49.5 Å². The monoisotopic (exact) mass is 393 g/mol. The number of hydrazine groups is 1. The molecule has 140 valence electrons. The van der Waals surface area contributed by atoms with Gasteiger partial charge in [0, 0.05) is 18.5 Å². The molecule has 0 saturated carbocycles. The van der Waals surface area contributed by atoms with Crippen LogP contribution in [0.2, 0.25) is 0 Å². The fourth-order valence-electron chi connectivity index (χ4n) is 2.48. The third-order valence-corrected chi connectivity index (χ3v) is 5.50. The van der Waals surface area contributed by atoms with E-state index in [4.69, 9.17) is 12.2 Å². The van der Waals surface area contributed by atoms with Crippen molar-refractivity contribution < 1.29 is 14.4 Å². The number of thiocarbonyl (C=S) groups is 1. The molecule has 2 rings (SSSR count). The number of hydrogen-bond donors (Lipinski definition) is 2. The molecule has 1 heterocycles. The number of amides is 3. The molecule has 3 amide bonds. The highest BCUT2D eigenvalue weighted by Gasteiger charge is 2.25. The van der Waals surface area contributed by atoms with Gasteiger partial charge in [-0.05, 0) is 37.0 Å². The summed E-state index contributed by atoms with van der Waals surface area (Å²) in [6.45, 7) is 2.66. The second-order valence-electron chi connectivity index (χ2n) is 5.96. The van der Waals surface area contributed by atoms with Crippen molar-refractivity contribution in [1.29, 1.82) is 0 Å². The molecule has 26 heavy (non-hydrogen) atoms. The quantitative estimate of drug-likeness (QED) is 0.403. The number of unbranched alkanes of at least 4 members (excludes halogenated alkanes) is 2. The lowest BCUT2D eigenvalue weighted by Gasteiger charge is -2.14. The Morgan fingerprint density at radius 3 is 2.50 bits per heavy atom. The molecular weight excluding hydrogens is 370 g/mol. The predicted octanol–water partition coefficient (Wildman–Crippen LogP) is 2.43. The third-order valence-electron chi connectivity index (χ3n) is 4.07. The van der Waals surface area contributed by atoms with Crippen LogP contribution in [0.5, 0.6) is 0 Å². The molecule has 0 atom stereocenters. The van der Waals surface area contributed by atoms with Crippen LogP contribution < -0.4 is 10.9 Å². The van der Waals surface area contributed by atoms with Crippen LogP contribution >= 0.6 is 24.0 Å². The molecule has 0 aliphatic carbocycles. The highest BCUT2D eigenvalue weighted by molar-refractivity contribution is 8.23. The van der Waals surface area contributed by atoms with E-state index < -0.39 is 0 Å². The predicted molar refractivity (Wildman–Crippen MR) is 107 cm³/mol. The molecule has 1 fully saturated rings. The van der Waals surface area contributed by atoms with Gasteiger partial charge in [0.2, 0.25) is 11.8 Å². The van der Waals surface area contributed by atoms with Crippen molar-refractivity contribution in [2.45, 2.75) is 39.0 Å². The van der Waals surface area contributed by atoms with Crippen LogP contribution in [0.15, 0.2) is 24.3 Å². The van der Waals surface area contributed by atoms with Gasteiger partial charge in [-0.15, -0.1) is 0 Å². The number of rotatable bonds is 8. The molecule has 0 spiro atoms. The van der Waals surface area contributed by atoms with E-state index in [1.54, 1.807) is 17.0 Å². The standard InChI is InChI=1S/C18H23N3O3S2/c1-2-13-7-9-14(10-8-13)17(24)20-19-15(22)6-4-3-5-11-21-16(23)12-26-18(21)25/h7-10H,2-6,11-12H2,1H3,(H,19,22)(H,20,24). The molecule has 1 aromatic carbocycles. The van der Waals surface area contributed by atoms with Crippen LogP contribution in [0, 0.1) is 0 Å². The summed E-state index contributed by atoms with van der Waals surface area (Å²) in [6, 6.07) is 7.27. The first kappa shape index (κ1) is 20.4. The van der Waals surface area contributed by atoms with Crippen LogP contribution in [0.4, 0.5) is 0 Å². The van der Waals surface area contributed by atoms with Gasteiger partial charge >= 0.3 is 0 Å². The Morgan fingerprint density at radius 1 is 1.15 bits per heavy atom. The first-order valence-corrected chi connectivity index (χ1v) is 10.1. The molecule has 1 aliphatic heterocycles. The fraction of sp³-hybridized carbons (Fsp3) is 0.444. The molecule has 1 aliphatic rings. The van der Waals surface area contributed by atoms with Crippen LogP contribution in [0.25, 0.3) is 0 Å². The minimum atomic E-state index is -0.334. The van der Waals surface area contributed by atoms with Crippen molar-refractivity contribution in [2.75, 3.05) is 12.3 Å². The van der Waals surface area contributed by atoms with E-state index in [1.807, 2.05) is 19.1 Å². The van der Waals surface area contributed by atoms with Crippen LogP contribution in [0.3, 0.4) is 0 Å². The van der Waals surface area contributed by atoms with E-state index in [1.165, 1.54) is 11.8 Å². The number of nitrogens with one attached hydrogen (secondary N) is 2. The van der Waals surface area contributed by atoms with Crippen LogP contribution in [0.1, 0.15) is 48.5 Å². The van der Waals surface area contributed by atoms with E-state index in [0.29, 0.717) is 35.0 Å². The van der Waals surface area contributed by atoms with Crippen LogP contribution in [-0.2, 0) is 16.0 Å². The maximum Gasteiger partial charge on any atom is 0.269 e. The minimum absolute atomic E-state index is 0.0624. The Balaban J connectivity index is 1.59. The summed E-state index contributed by atoms with van der Waals surface area (Å²) in [7, 11) is 0. The maximum atomic E-state index is 12.0. The first-order valence-electron chi connectivity index (χ1n) is 8.66. The molecule has 1 saturated heterocycles. The summed E-state index contributed by atoms with van der Waals surface area (Å²) in [5, 5.41) is 0. The average molecular weight is 394 g/mol. The zero-order valence-electron chi connectivity index (χ0n) is 14.7. The maximum absolute atomic E-state index is 12.0. The summed E-state index contributed by atoms with van der Waals surface area (Å²) in [4.78, 5) is 36.9. The molecule has 0 aromatic heterocycles. The summed E-state index contributed by atoms with van der Waals surface area (Å²) in [5.41, 5.74) is 6.51. The molecule has 8 heteroatoms. The lowest BCUT2D eigenvalue weighted by Crippen LogP contribution is -2.41. The Bertz CT molecular complexity index is 661. The van der Waals surface area contributed by atoms with Gasteiger partial charge in [-0.25, -0.2) is 0 Å². The molecule has 0 unspecified atom stereocenters. The third kappa shape index (κ3) is 6.10. The largest absolute Gasteiger partial charge is 0.297 e. The van der Waals surface area contributed by atoms with E-state index >= 15 is 0 Å². The highest BCUT2D eigenvalue weighted by Crippen LogP contribution is 2.19. The first-order chi connectivity index (χ1) is 12.5. The SMILES string of the molecule is CCc1ccc(C(=O)NNC(=O)CCCCCN2C(=O)CSC2=S)cc1. The van der Waals surface area contributed by atoms with Crippen molar-refractivity contribution in [3.05, 3.63) is 35.4 Å². The lowest BCUT2D eigenvalue weighted by molar-refractivity contribution is -0.124. The van der Waals surface area contributed by atoms with Gasteiger partial charge in [0.1, 0.15) is 4.32 Å². The second kappa shape index (κ2) is 10.3. The summed E-state index contributed by atoms with van der Waals surface area (Å²) in [6.07, 6.45) is 3.54. The number of nitrogens with zero attached hydrogens (tertiary/aromatic N) is 1. The topological polar surface area (TPSA) is 78.5 Å². The normalized spacial score (nSPS) is 13.8. The smallest absolute Gasteiger partial charge is 0.269 e. The average Bonchev–Trinajstić information content (AvgIpc) is 2.97. The zero-order valence-corrected chi connectivity index (χ0v) is 16.4. The Labute approximate surface area is 163 Å². The molecule has 2 N–H and O–H groups in total. The van der Waals surface area contributed by atoms with Gasteiger partial charge in [0.15, 0.2) is 0 Å². The summed E-state index contributed by atoms with van der Waals surface area (Å²) in [5.74, 6) is -0.0684. The molecule has 0 bridgehead atoms. The summed E-state index contributed by atoms with van der Waals surface area (Å²) >= 11 is 6.51. The lowest BCUT2D eigenvalue weighted by atomic mass is 10.1. The fourth-order valence-corrected chi connectivity index (χ4v) is 3.60. The van der Waals surface area contributed by atoms with E-state index in [2.05, 4.69) is 10.9 Å². The second-order valence-corrected chi connectivity index (χ2v) is 7.57. The molecule has 6 nitrogen and oxygen atoms in total. The van der Waals surface area contributed by atoms with Gasteiger partial charge in [0.05, 0.1) is 5.75 Å². The van der Waals surface area contributed by atoms with Crippen molar-refractivity contribution in [2.24, 2.45) is 0 Å². The van der Waals surface area contributed by atoms with Gasteiger partial charge in [0.25, 0.3) is 5.91 Å². The Kier molecular flexibility index (Phi) is 8.06.